The number of hydrogen-bond acceptors (Lipinski definition) is 7. The summed E-state index contributed by atoms with van der Waals surface area (Å²) >= 11 is 0. The Kier molecular flexibility index (Phi) is 4.63. The zero-order valence-corrected chi connectivity index (χ0v) is 16.4. The van der Waals surface area contributed by atoms with Gasteiger partial charge in [0, 0.05) is 36.8 Å². The largest absolute Gasteiger partial charge is 0.507 e. The average molecular weight is 391 g/mol. The Hall–Kier alpha value is -3.00. The summed E-state index contributed by atoms with van der Waals surface area (Å²) in [6.07, 6.45) is 9.39. The first-order chi connectivity index (χ1) is 14.2. The van der Waals surface area contributed by atoms with Crippen molar-refractivity contribution in [2.24, 2.45) is 0 Å². The number of rotatable bonds is 4. The average Bonchev–Trinajstić information content (AvgIpc) is 3.28. The number of nitrogens with zero attached hydrogens (tertiary/aromatic N) is 6. The van der Waals surface area contributed by atoms with Crippen LogP contribution in [0.2, 0.25) is 0 Å². The van der Waals surface area contributed by atoms with Gasteiger partial charge in [-0.05, 0) is 49.9 Å². The van der Waals surface area contributed by atoms with Crippen molar-refractivity contribution >= 4 is 5.82 Å². The Balaban J connectivity index is 1.33. The van der Waals surface area contributed by atoms with Crippen molar-refractivity contribution in [1.29, 1.82) is 0 Å². The summed E-state index contributed by atoms with van der Waals surface area (Å²) in [5.74, 6) is 0.997. The van der Waals surface area contributed by atoms with Crippen molar-refractivity contribution in [3.63, 3.8) is 0 Å². The fourth-order valence-corrected chi connectivity index (χ4v) is 4.61. The van der Waals surface area contributed by atoms with Gasteiger partial charge in [0.25, 0.3) is 0 Å². The number of phenolic OH excluding ortho intramolecular Hbond substituents is 1. The van der Waals surface area contributed by atoms with E-state index in [1.54, 1.807) is 18.5 Å². The molecule has 8 heteroatoms. The lowest BCUT2D eigenvalue weighted by atomic mass is 9.83. The predicted molar refractivity (Wildman–Crippen MR) is 110 cm³/mol. The highest BCUT2D eigenvalue weighted by Gasteiger charge is 2.33. The fraction of sp³-hybridized carbons (Fsp3) is 0.429. The van der Waals surface area contributed by atoms with Gasteiger partial charge in [0.15, 0.2) is 5.82 Å². The maximum absolute atomic E-state index is 10.5. The predicted octanol–water partition coefficient (Wildman–Crippen LogP) is 2.54. The SMILES string of the molecule is CN(c1ccc(-c2ccc(-n3nccn3)cc2O)nn1)[C@H]1C[C@H]2CCC[C@@H](C1)N2. The van der Waals surface area contributed by atoms with Crippen LogP contribution < -0.4 is 10.2 Å². The lowest BCUT2D eigenvalue weighted by Crippen LogP contribution is -2.54. The molecule has 2 aromatic heterocycles. The van der Waals surface area contributed by atoms with Gasteiger partial charge in [0.1, 0.15) is 5.75 Å². The van der Waals surface area contributed by atoms with E-state index < -0.39 is 0 Å². The third-order valence-electron chi connectivity index (χ3n) is 6.16. The molecule has 2 saturated heterocycles. The van der Waals surface area contributed by atoms with E-state index in [1.165, 1.54) is 24.1 Å². The van der Waals surface area contributed by atoms with Crippen LogP contribution in [-0.2, 0) is 0 Å². The Morgan fingerprint density at radius 3 is 2.45 bits per heavy atom. The molecule has 0 aliphatic carbocycles. The molecular weight excluding hydrogens is 366 g/mol. The highest BCUT2D eigenvalue weighted by atomic mass is 16.3. The first-order valence-electron chi connectivity index (χ1n) is 10.2. The number of piperidine rings is 2. The zero-order valence-electron chi connectivity index (χ0n) is 16.4. The summed E-state index contributed by atoms with van der Waals surface area (Å²) in [5, 5.41) is 31.2. The first kappa shape index (κ1) is 18.1. The molecule has 0 unspecified atom stereocenters. The van der Waals surface area contributed by atoms with Gasteiger partial charge in [0.05, 0.1) is 23.8 Å². The van der Waals surface area contributed by atoms with Crippen LogP contribution in [0.4, 0.5) is 5.82 Å². The first-order valence-corrected chi connectivity index (χ1v) is 10.2. The summed E-state index contributed by atoms with van der Waals surface area (Å²) in [6, 6.07) is 10.9. The number of benzene rings is 1. The van der Waals surface area contributed by atoms with E-state index in [-0.39, 0.29) is 5.75 Å². The van der Waals surface area contributed by atoms with Crippen LogP contribution in [0.1, 0.15) is 32.1 Å². The Morgan fingerprint density at radius 1 is 1.03 bits per heavy atom. The summed E-state index contributed by atoms with van der Waals surface area (Å²) in [4.78, 5) is 3.72. The van der Waals surface area contributed by atoms with Crippen LogP contribution in [0.25, 0.3) is 16.9 Å². The minimum absolute atomic E-state index is 0.126. The number of hydrogen-bond donors (Lipinski definition) is 2. The Labute approximate surface area is 169 Å². The van der Waals surface area contributed by atoms with E-state index in [4.69, 9.17) is 0 Å². The molecule has 150 valence electrons. The molecule has 3 aromatic rings. The number of phenols is 1. The second kappa shape index (κ2) is 7.44. The minimum Gasteiger partial charge on any atom is -0.507 e. The summed E-state index contributed by atoms with van der Waals surface area (Å²) in [6.45, 7) is 0. The van der Waals surface area contributed by atoms with Gasteiger partial charge in [-0.15, -0.1) is 10.2 Å². The minimum atomic E-state index is 0.126. The molecule has 0 amide bonds. The van der Waals surface area contributed by atoms with Crippen LogP contribution in [-0.4, -0.2) is 55.5 Å². The Morgan fingerprint density at radius 2 is 1.79 bits per heavy atom. The van der Waals surface area contributed by atoms with Gasteiger partial charge in [-0.1, -0.05) is 6.42 Å². The number of aromatic nitrogens is 5. The van der Waals surface area contributed by atoms with Crippen molar-refractivity contribution in [2.75, 3.05) is 11.9 Å². The number of aromatic hydroxyl groups is 1. The molecule has 0 spiro atoms. The van der Waals surface area contributed by atoms with Crippen molar-refractivity contribution in [3.8, 4) is 22.7 Å². The van der Waals surface area contributed by atoms with Gasteiger partial charge in [-0.25, -0.2) is 0 Å². The second-order valence-corrected chi connectivity index (χ2v) is 8.02. The maximum atomic E-state index is 10.5. The van der Waals surface area contributed by atoms with Crippen LogP contribution in [0.5, 0.6) is 5.75 Å². The standard InChI is InChI=1S/C21H25N7O/c1-27(17-11-14-3-2-4-15(12-17)24-14)21-8-7-19(25-26-21)18-6-5-16(13-20(18)29)28-22-9-10-23-28/h5-10,13-15,17,24,29H,2-4,11-12H2,1H3/t14-,15+,17+. The molecular formula is C21H25N7O. The lowest BCUT2D eigenvalue weighted by molar-refractivity contribution is 0.219. The monoisotopic (exact) mass is 391 g/mol. The van der Waals surface area contributed by atoms with Gasteiger partial charge >= 0.3 is 0 Å². The molecule has 2 N–H and O–H groups in total. The molecule has 2 aliphatic heterocycles. The highest BCUT2D eigenvalue weighted by Crippen LogP contribution is 2.32. The number of nitrogens with one attached hydrogen (secondary N) is 1. The smallest absolute Gasteiger partial charge is 0.151 e. The van der Waals surface area contributed by atoms with Gasteiger partial charge in [-0.3, -0.25) is 0 Å². The maximum Gasteiger partial charge on any atom is 0.151 e. The molecule has 3 atom stereocenters. The van der Waals surface area contributed by atoms with Crippen LogP contribution in [0.15, 0.2) is 42.7 Å². The molecule has 2 fully saturated rings. The van der Waals surface area contributed by atoms with E-state index in [0.29, 0.717) is 35.1 Å². The van der Waals surface area contributed by atoms with Gasteiger partial charge in [0.2, 0.25) is 0 Å². The van der Waals surface area contributed by atoms with Crippen molar-refractivity contribution < 1.29 is 5.11 Å². The van der Waals surface area contributed by atoms with Crippen molar-refractivity contribution in [1.82, 2.24) is 30.5 Å². The molecule has 0 radical (unpaired) electrons. The van der Waals surface area contributed by atoms with E-state index >= 15 is 0 Å². The van der Waals surface area contributed by atoms with Gasteiger partial charge < -0.3 is 15.3 Å². The highest BCUT2D eigenvalue weighted by molar-refractivity contribution is 5.68. The second-order valence-electron chi connectivity index (χ2n) is 8.02. The molecule has 4 heterocycles. The summed E-state index contributed by atoms with van der Waals surface area (Å²) in [5.41, 5.74) is 1.97. The molecule has 0 saturated carbocycles. The molecule has 2 aliphatic rings. The lowest BCUT2D eigenvalue weighted by Gasteiger charge is -2.43. The fourth-order valence-electron chi connectivity index (χ4n) is 4.61. The van der Waals surface area contributed by atoms with Crippen molar-refractivity contribution in [3.05, 3.63) is 42.7 Å². The van der Waals surface area contributed by atoms with E-state index in [9.17, 15) is 5.11 Å². The zero-order chi connectivity index (χ0) is 19.8. The van der Waals surface area contributed by atoms with E-state index in [2.05, 4.69) is 37.7 Å². The van der Waals surface area contributed by atoms with E-state index in [0.717, 1.165) is 18.7 Å². The quantitative estimate of drug-likeness (QED) is 0.706. The normalized spacial score (nSPS) is 23.7. The molecule has 2 bridgehead atoms. The molecule has 29 heavy (non-hydrogen) atoms. The molecule has 8 nitrogen and oxygen atoms in total. The van der Waals surface area contributed by atoms with Crippen LogP contribution >= 0.6 is 0 Å². The molecule has 5 rings (SSSR count). The third-order valence-corrected chi connectivity index (χ3v) is 6.16. The van der Waals surface area contributed by atoms with Crippen LogP contribution in [0, 0.1) is 0 Å². The van der Waals surface area contributed by atoms with Crippen molar-refractivity contribution in [2.45, 2.75) is 50.2 Å². The van der Waals surface area contributed by atoms with E-state index in [1.807, 2.05) is 24.3 Å². The topological polar surface area (TPSA) is 92.0 Å². The van der Waals surface area contributed by atoms with Crippen LogP contribution in [0.3, 0.4) is 0 Å². The molecule has 1 aromatic carbocycles. The van der Waals surface area contributed by atoms with Gasteiger partial charge in [-0.2, -0.15) is 15.0 Å². The number of anilines is 1. The summed E-state index contributed by atoms with van der Waals surface area (Å²) < 4.78 is 0. The summed E-state index contributed by atoms with van der Waals surface area (Å²) in [7, 11) is 2.11. The number of fused-ring (bicyclic) bond motifs is 2. The Bertz CT molecular complexity index is 961. The third kappa shape index (κ3) is 3.55.